The number of nitrogens with two attached hydrogens (primary N) is 1. The van der Waals surface area contributed by atoms with E-state index >= 15 is 0 Å². The number of ketones is 1. The van der Waals surface area contributed by atoms with Crippen LogP contribution in [-0.2, 0) is 4.79 Å². The minimum absolute atomic E-state index is 0.121. The molecule has 5 heteroatoms. The summed E-state index contributed by atoms with van der Waals surface area (Å²) in [4.78, 5) is 11.4. The second-order valence-corrected chi connectivity index (χ2v) is 11.1. The summed E-state index contributed by atoms with van der Waals surface area (Å²) in [5, 5.41) is 16.1. The number of hydrogen-bond acceptors (Lipinski definition) is 4. The van der Waals surface area contributed by atoms with E-state index in [1.807, 2.05) is 12.2 Å². The fourth-order valence-electron chi connectivity index (χ4n) is 6.44. The molecule has 6 aliphatic rings. The number of carbonyl (C=O) groups excluding carboxylic acids is 1. The van der Waals surface area contributed by atoms with E-state index in [4.69, 9.17) is 15.8 Å². The zero-order valence-electron chi connectivity index (χ0n) is 20.3. The molecule has 0 heterocycles. The van der Waals surface area contributed by atoms with Gasteiger partial charge in [0, 0.05) is 11.5 Å². The van der Waals surface area contributed by atoms with Crippen LogP contribution in [0.3, 0.4) is 0 Å². The Hall–Kier alpha value is -1.43. The van der Waals surface area contributed by atoms with Crippen LogP contribution in [0.15, 0.2) is 48.6 Å². The first-order valence-electron chi connectivity index (χ1n) is 11.5. The molecule has 2 unspecified atom stereocenters. The monoisotopic (exact) mass is 427 g/mol. The van der Waals surface area contributed by atoms with E-state index in [1.165, 1.54) is 23.6 Å². The van der Waals surface area contributed by atoms with Crippen LogP contribution in [0.5, 0.6) is 0 Å². The third-order valence-corrected chi connectivity index (χ3v) is 8.37. The molecule has 0 aromatic carbocycles. The molecule has 31 heavy (non-hydrogen) atoms. The predicted molar refractivity (Wildman–Crippen MR) is 130 cm³/mol. The van der Waals surface area contributed by atoms with Crippen LogP contribution >= 0.6 is 0 Å². The Morgan fingerprint density at radius 3 is 1.94 bits per heavy atom. The van der Waals surface area contributed by atoms with Crippen LogP contribution in [0.25, 0.3) is 0 Å². The van der Waals surface area contributed by atoms with Gasteiger partial charge in [-0.1, -0.05) is 57.1 Å². The maximum Gasteiger partial charge on any atom is 0.455 e. The topological polar surface area (TPSA) is 83.6 Å². The van der Waals surface area contributed by atoms with Crippen molar-refractivity contribution >= 4 is 12.9 Å². The van der Waals surface area contributed by atoms with E-state index < -0.39 is 7.12 Å². The van der Waals surface area contributed by atoms with Crippen LogP contribution < -0.4 is 5.73 Å². The van der Waals surface area contributed by atoms with Gasteiger partial charge in [-0.2, -0.15) is 0 Å². The maximum atomic E-state index is 11.4. The fraction of sp³-hybridized carbons (Fsp3) is 0.654. The van der Waals surface area contributed by atoms with Crippen molar-refractivity contribution in [2.45, 2.75) is 72.7 Å². The van der Waals surface area contributed by atoms with Crippen LogP contribution in [0.1, 0.15) is 60.8 Å². The smallest absolute Gasteiger partial charge is 0.427 e. The molecular formula is C26H42BNO3. The molecule has 4 nitrogen and oxygen atoms in total. The fourth-order valence-corrected chi connectivity index (χ4v) is 6.44. The molecule has 172 valence electrons. The SMILES string of the molecule is C=CCB(O)O.C=CC[C@]1(N)C=C(C)[C@@H]2C[C@H]1C2(C)C.CC1=CC(=O)C2CC1C2(C)C. The van der Waals surface area contributed by atoms with E-state index in [0.717, 1.165) is 18.8 Å². The van der Waals surface area contributed by atoms with Gasteiger partial charge < -0.3 is 15.8 Å². The molecule has 0 aromatic heterocycles. The lowest BCUT2D eigenvalue weighted by Gasteiger charge is -2.62. The van der Waals surface area contributed by atoms with Gasteiger partial charge in [0.25, 0.3) is 0 Å². The maximum absolute atomic E-state index is 11.4. The number of fused-ring (bicyclic) bond motifs is 2. The van der Waals surface area contributed by atoms with Crippen LogP contribution in [0.4, 0.5) is 0 Å². The van der Waals surface area contributed by atoms with E-state index in [-0.39, 0.29) is 17.3 Å². The van der Waals surface area contributed by atoms with Gasteiger partial charge in [-0.3, -0.25) is 4.79 Å². The van der Waals surface area contributed by atoms with Crippen molar-refractivity contribution in [3.05, 3.63) is 48.6 Å². The second kappa shape index (κ2) is 9.21. The highest BCUT2D eigenvalue weighted by Crippen LogP contribution is 2.62. The van der Waals surface area contributed by atoms with Gasteiger partial charge in [-0.25, -0.2) is 0 Å². The molecule has 5 atom stereocenters. The Morgan fingerprint density at radius 2 is 1.61 bits per heavy atom. The average molecular weight is 427 g/mol. The molecule has 6 rings (SSSR count). The molecule has 0 aliphatic heterocycles. The molecule has 0 saturated heterocycles. The average Bonchev–Trinajstić information content (AvgIpc) is 2.60. The predicted octanol–water partition coefficient (Wildman–Crippen LogP) is 4.71. The second-order valence-electron chi connectivity index (χ2n) is 11.1. The number of hydrogen-bond donors (Lipinski definition) is 3. The largest absolute Gasteiger partial charge is 0.455 e. The Balaban J connectivity index is 0.000000179. The van der Waals surface area contributed by atoms with Gasteiger partial charge in [-0.15, -0.1) is 13.2 Å². The van der Waals surface area contributed by atoms with Gasteiger partial charge >= 0.3 is 7.12 Å². The molecule has 6 aliphatic carbocycles. The molecule has 0 aromatic rings. The van der Waals surface area contributed by atoms with Crippen LogP contribution in [-0.4, -0.2) is 28.5 Å². The molecule has 2 saturated carbocycles. The highest BCUT2D eigenvalue weighted by Gasteiger charge is 2.58. The summed E-state index contributed by atoms with van der Waals surface area (Å²) in [5.41, 5.74) is 9.79. The number of carbonyl (C=O) groups is 1. The van der Waals surface area contributed by atoms with E-state index in [0.29, 0.717) is 29.0 Å². The first-order chi connectivity index (χ1) is 14.2. The highest BCUT2D eigenvalue weighted by atomic mass is 16.4. The van der Waals surface area contributed by atoms with Crippen molar-refractivity contribution in [1.29, 1.82) is 0 Å². The quantitative estimate of drug-likeness (QED) is 0.448. The molecule has 0 spiro atoms. The third kappa shape index (κ3) is 4.84. The normalized spacial score (nSPS) is 35.3. The van der Waals surface area contributed by atoms with Gasteiger partial charge in [0.2, 0.25) is 0 Å². The zero-order valence-corrected chi connectivity index (χ0v) is 20.3. The van der Waals surface area contributed by atoms with E-state index in [9.17, 15) is 4.79 Å². The Bertz CT molecular complexity index is 780. The minimum atomic E-state index is -1.22. The van der Waals surface area contributed by atoms with Crippen molar-refractivity contribution in [3.8, 4) is 0 Å². The van der Waals surface area contributed by atoms with Gasteiger partial charge in [0.15, 0.2) is 5.78 Å². The van der Waals surface area contributed by atoms with Crippen molar-refractivity contribution in [2.24, 2.45) is 40.2 Å². The molecule has 4 bridgehead atoms. The molecule has 0 radical (unpaired) electrons. The Kier molecular flexibility index (Phi) is 7.67. The lowest BCUT2D eigenvalue weighted by molar-refractivity contribution is -0.133. The molecule has 4 N–H and O–H groups in total. The lowest BCUT2D eigenvalue weighted by Crippen LogP contribution is -2.63. The minimum Gasteiger partial charge on any atom is -0.427 e. The van der Waals surface area contributed by atoms with E-state index in [2.05, 4.69) is 60.8 Å². The van der Waals surface area contributed by atoms with Crippen LogP contribution in [0, 0.1) is 34.5 Å². The number of rotatable bonds is 4. The summed E-state index contributed by atoms with van der Waals surface area (Å²) in [6.45, 7) is 20.5. The first kappa shape index (κ1) is 25.8. The van der Waals surface area contributed by atoms with E-state index in [1.54, 1.807) is 0 Å². The van der Waals surface area contributed by atoms with Crippen molar-refractivity contribution in [3.63, 3.8) is 0 Å². The highest BCUT2D eigenvalue weighted by molar-refractivity contribution is 6.41. The van der Waals surface area contributed by atoms with Gasteiger partial charge in [-0.05, 0) is 74.1 Å². The molecule has 0 amide bonds. The summed E-state index contributed by atoms with van der Waals surface area (Å²) in [5.74, 6) is 2.78. The standard InChI is InChI=1S/C13H21N.C10H14O.C3H7BO2/c1-5-6-13(14)8-9(2)10-7-11(13)12(10,3)4;1-6-4-9(11)8-5-7(6)10(8,2)3;1-2-3-4(5)6/h5,8,10-11H,1,6-7,14H2,2-4H3;4,7-8H,5H2,1-3H3;2,5-6H,1,3H2/t10-,11-,13-;;/m0../s1. The summed E-state index contributed by atoms with van der Waals surface area (Å²) in [6, 6.07) is 0. The summed E-state index contributed by atoms with van der Waals surface area (Å²) >= 11 is 0. The van der Waals surface area contributed by atoms with Crippen molar-refractivity contribution < 1.29 is 14.8 Å². The lowest BCUT2D eigenvalue weighted by atomic mass is 9.43. The summed E-state index contributed by atoms with van der Waals surface area (Å²) in [7, 11) is -1.22. The van der Waals surface area contributed by atoms with Crippen molar-refractivity contribution in [1.82, 2.24) is 0 Å². The summed E-state index contributed by atoms with van der Waals surface area (Å²) < 4.78 is 0. The molecule has 2 fully saturated rings. The van der Waals surface area contributed by atoms with Gasteiger partial charge in [0.1, 0.15) is 0 Å². The van der Waals surface area contributed by atoms with Crippen LogP contribution in [0.2, 0.25) is 6.32 Å². The Labute approximate surface area is 189 Å². The number of allylic oxidation sites excluding steroid dienone is 4. The molecular weight excluding hydrogens is 385 g/mol. The summed E-state index contributed by atoms with van der Waals surface area (Å²) in [6.07, 6.45) is 11.1. The van der Waals surface area contributed by atoms with Gasteiger partial charge in [0.05, 0.1) is 0 Å². The third-order valence-electron chi connectivity index (χ3n) is 8.37. The van der Waals surface area contributed by atoms with Crippen molar-refractivity contribution in [2.75, 3.05) is 0 Å². The first-order valence-corrected chi connectivity index (χ1v) is 11.5. The Morgan fingerprint density at radius 1 is 1.03 bits per heavy atom. The zero-order chi connectivity index (χ0) is 23.8.